The molecule has 0 aliphatic carbocycles. The quantitative estimate of drug-likeness (QED) is 0.512. The third-order valence-corrected chi connectivity index (χ3v) is 3.01. The number of nitrogens with zero attached hydrogens (tertiary/aromatic N) is 3. The maximum atomic E-state index is 5.79. The van der Waals surface area contributed by atoms with Gasteiger partial charge in [0.25, 0.3) is 0 Å². The molecular weight excluding hydrogens is 321 g/mol. The third kappa shape index (κ3) is 5.55. The Bertz CT molecular complexity index is 691. The van der Waals surface area contributed by atoms with Crippen molar-refractivity contribution in [1.29, 1.82) is 0 Å². The fourth-order valence-corrected chi connectivity index (χ4v) is 1.70. The highest BCUT2D eigenvalue weighted by Gasteiger charge is 1.90. The van der Waals surface area contributed by atoms with Gasteiger partial charge in [0.15, 0.2) is 0 Å². The second-order valence-electron chi connectivity index (χ2n) is 4.20. The van der Waals surface area contributed by atoms with E-state index in [0.717, 1.165) is 11.1 Å². The van der Waals surface area contributed by atoms with Crippen LogP contribution < -0.4 is 11.2 Å². The van der Waals surface area contributed by atoms with Crippen molar-refractivity contribution in [3.63, 3.8) is 0 Å². The third-order valence-electron chi connectivity index (χ3n) is 2.51. The number of nitrogens with two attached hydrogens (primary N) is 1. The maximum absolute atomic E-state index is 5.79. The van der Waals surface area contributed by atoms with Crippen molar-refractivity contribution in [1.82, 2.24) is 5.43 Å². The second kappa shape index (κ2) is 8.17. The largest absolute Gasteiger partial charge is 0.367 e. The molecule has 2 aromatic carbocycles. The molecule has 0 atom stereocenters. The zero-order valence-electron chi connectivity index (χ0n) is 11.4. The zero-order chi connectivity index (χ0) is 15.8. The van der Waals surface area contributed by atoms with E-state index in [-0.39, 0.29) is 5.96 Å². The summed E-state index contributed by atoms with van der Waals surface area (Å²) in [5.74, 6) is 0.0791. The molecular formula is C15H13Cl2N5. The van der Waals surface area contributed by atoms with Crippen LogP contribution in [0.3, 0.4) is 0 Å². The fraction of sp³-hybridized carbons (Fsp3) is 0. The molecule has 2 rings (SSSR count). The van der Waals surface area contributed by atoms with E-state index in [9.17, 15) is 0 Å². The summed E-state index contributed by atoms with van der Waals surface area (Å²) in [5, 5.41) is 12.9. The molecule has 0 aliphatic heterocycles. The molecule has 0 heterocycles. The molecule has 2 aromatic rings. The second-order valence-corrected chi connectivity index (χ2v) is 5.08. The van der Waals surface area contributed by atoms with Crippen molar-refractivity contribution in [3.05, 3.63) is 69.7 Å². The summed E-state index contributed by atoms with van der Waals surface area (Å²) in [4.78, 5) is 0. The molecule has 7 heteroatoms. The Labute approximate surface area is 138 Å². The van der Waals surface area contributed by atoms with Crippen LogP contribution in [0.5, 0.6) is 0 Å². The summed E-state index contributed by atoms with van der Waals surface area (Å²) in [6.07, 6.45) is 3.16. The molecule has 0 bridgehead atoms. The Morgan fingerprint density at radius 1 is 0.864 bits per heavy atom. The Hall–Kier alpha value is -2.37. The van der Waals surface area contributed by atoms with Crippen molar-refractivity contribution < 1.29 is 0 Å². The van der Waals surface area contributed by atoms with Crippen LogP contribution in [0.1, 0.15) is 11.1 Å². The molecule has 3 N–H and O–H groups in total. The van der Waals surface area contributed by atoms with E-state index in [4.69, 9.17) is 28.9 Å². The van der Waals surface area contributed by atoms with Gasteiger partial charge in [0.2, 0.25) is 5.96 Å². The first-order valence-electron chi connectivity index (χ1n) is 6.30. The van der Waals surface area contributed by atoms with Crippen molar-refractivity contribution in [2.24, 2.45) is 21.0 Å². The number of rotatable bonds is 4. The highest BCUT2D eigenvalue weighted by atomic mass is 35.5. The summed E-state index contributed by atoms with van der Waals surface area (Å²) in [6, 6.07) is 14.4. The van der Waals surface area contributed by atoms with Gasteiger partial charge in [-0.3, -0.25) is 0 Å². The van der Waals surface area contributed by atoms with Crippen LogP contribution in [0.4, 0.5) is 0 Å². The molecule has 0 amide bonds. The van der Waals surface area contributed by atoms with E-state index in [0.29, 0.717) is 10.0 Å². The smallest absolute Gasteiger partial charge is 0.234 e. The monoisotopic (exact) mass is 333 g/mol. The van der Waals surface area contributed by atoms with Gasteiger partial charge in [0.05, 0.1) is 12.4 Å². The first-order chi connectivity index (χ1) is 10.6. The van der Waals surface area contributed by atoms with Crippen LogP contribution in [0.2, 0.25) is 10.0 Å². The van der Waals surface area contributed by atoms with Gasteiger partial charge in [0.1, 0.15) is 0 Å². The number of hydrogen-bond donors (Lipinski definition) is 2. The molecule has 0 saturated carbocycles. The first kappa shape index (κ1) is 16.0. The van der Waals surface area contributed by atoms with Gasteiger partial charge in [-0.15, -0.1) is 5.10 Å². The van der Waals surface area contributed by atoms with E-state index in [1.54, 1.807) is 36.7 Å². The maximum Gasteiger partial charge on any atom is 0.234 e. The van der Waals surface area contributed by atoms with Crippen LogP contribution in [0.15, 0.2) is 63.8 Å². The molecule has 0 aliphatic rings. The van der Waals surface area contributed by atoms with Gasteiger partial charge in [-0.25, -0.2) is 5.43 Å². The molecule has 0 unspecified atom stereocenters. The minimum atomic E-state index is 0.0791. The molecule has 5 nitrogen and oxygen atoms in total. The highest BCUT2D eigenvalue weighted by Crippen LogP contribution is 2.08. The summed E-state index contributed by atoms with van der Waals surface area (Å²) in [6.45, 7) is 0. The van der Waals surface area contributed by atoms with Crippen LogP contribution in [0, 0.1) is 0 Å². The number of hydrazone groups is 1. The van der Waals surface area contributed by atoms with Crippen molar-refractivity contribution in [3.8, 4) is 0 Å². The van der Waals surface area contributed by atoms with Crippen molar-refractivity contribution >= 4 is 41.6 Å². The highest BCUT2D eigenvalue weighted by molar-refractivity contribution is 6.30. The predicted octanol–water partition coefficient (Wildman–Crippen LogP) is 3.27. The lowest BCUT2D eigenvalue weighted by molar-refractivity contribution is 0.994. The number of hydrogen-bond acceptors (Lipinski definition) is 3. The minimum Gasteiger partial charge on any atom is -0.367 e. The molecule has 112 valence electrons. The summed E-state index contributed by atoms with van der Waals surface area (Å²) >= 11 is 11.6. The molecule has 0 radical (unpaired) electrons. The molecule has 0 fully saturated rings. The first-order valence-corrected chi connectivity index (χ1v) is 7.06. The van der Waals surface area contributed by atoms with E-state index in [1.165, 1.54) is 0 Å². The number of nitrogens with one attached hydrogen (secondary N) is 1. The van der Waals surface area contributed by atoms with Gasteiger partial charge < -0.3 is 5.73 Å². The van der Waals surface area contributed by atoms with Crippen LogP contribution in [-0.4, -0.2) is 18.4 Å². The van der Waals surface area contributed by atoms with Gasteiger partial charge in [-0.2, -0.15) is 10.2 Å². The van der Waals surface area contributed by atoms with Gasteiger partial charge in [-0.1, -0.05) is 47.5 Å². The molecule has 22 heavy (non-hydrogen) atoms. The van der Waals surface area contributed by atoms with Crippen LogP contribution in [0.25, 0.3) is 0 Å². The van der Waals surface area contributed by atoms with E-state index < -0.39 is 0 Å². The van der Waals surface area contributed by atoms with Crippen LogP contribution >= 0.6 is 23.2 Å². The Kier molecular flexibility index (Phi) is 5.94. The number of guanidine groups is 1. The van der Waals surface area contributed by atoms with E-state index >= 15 is 0 Å². The Morgan fingerprint density at radius 2 is 1.36 bits per heavy atom. The van der Waals surface area contributed by atoms with Gasteiger partial charge in [-0.05, 0) is 35.4 Å². The SMILES string of the molecule is N/C(=N\N=C\c1ccc(Cl)cc1)NN=Cc1ccc(Cl)cc1. The minimum absolute atomic E-state index is 0.0791. The zero-order valence-corrected chi connectivity index (χ0v) is 13.0. The average Bonchev–Trinajstić information content (AvgIpc) is 2.51. The summed E-state index contributed by atoms with van der Waals surface area (Å²) < 4.78 is 0. The van der Waals surface area contributed by atoms with Crippen molar-refractivity contribution in [2.75, 3.05) is 0 Å². The van der Waals surface area contributed by atoms with Gasteiger partial charge >= 0.3 is 0 Å². The number of halogens is 2. The lowest BCUT2D eigenvalue weighted by Gasteiger charge is -1.96. The van der Waals surface area contributed by atoms with Crippen molar-refractivity contribution in [2.45, 2.75) is 0 Å². The Morgan fingerprint density at radius 3 is 1.91 bits per heavy atom. The van der Waals surface area contributed by atoms with E-state index in [1.807, 2.05) is 24.3 Å². The van der Waals surface area contributed by atoms with Crippen LogP contribution in [-0.2, 0) is 0 Å². The van der Waals surface area contributed by atoms with E-state index in [2.05, 4.69) is 20.7 Å². The molecule has 0 aromatic heterocycles. The lowest BCUT2D eigenvalue weighted by atomic mass is 10.2. The summed E-state index contributed by atoms with van der Waals surface area (Å²) in [5.41, 5.74) is 9.94. The average molecular weight is 334 g/mol. The molecule has 0 spiro atoms. The fourth-order valence-electron chi connectivity index (χ4n) is 1.45. The lowest BCUT2D eigenvalue weighted by Crippen LogP contribution is -2.26. The predicted molar refractivity (Wildman–Crippen MR) is 92.9 cm³/mol. The van der Waals surface area contributed by atoms with Gasteiger partial charge in [0, 0.05) is 10.0 Å². The Balaban J connectivity index is 1.87. The molecule has 0 saturated heterocycles. The number of benzene rings is 2. The normalized spacial score (nSPS) is 12.2. The summed E-state index contributed by atoms with van der Waals surface area (Å²) in [7, 11) is 0. The standard InChI is InChI=1S/C15H13Cl2N5/c16-13-5-1-11(2-6-13)9-19-21-15(18)22-20-10-12-3-7-14(17)8-4-12/h1-10H,(H3,18,21,22)/b19-9+,20-10?. The topological polar surface area (TPSA) is 75.1 Å².